The van der Waals surface area contributed by atoms with Crippen LogP contribution in [0.3, 0.4) is 0 Å². The fourth-order valence-electron chi connectivity index (χ4n) is 2.89. The molecule has 2 atom stereocenters. The molecule has 1 aliphatic heterocycles. The molecule has 0 N–H and O–H groups in total. The SMILES string of the molecule is CC(C)(C)C1=CCC2(C)OCCCC2C1. The van der Waals surface area contributed by atoms with E-state index in [0.717, 1.165) is 18.9 Å². The zero-order chi connectivity index (χ0) is 11.1. The predicted molar refractivity (Wildman–Crippen MR) is 63.9 cm³/mol. The molecule has 1 fully saturated rings. The molecule has 0 aromatic rings. The summed E-state index contributed by atoms with van der Waals surface area (Å²) in [6.45, 7) is 10.2. The first-order chi connectivity index (χ1) is 6.92. The summed E-state index contributed by atoms with van der Waals surface area (Å²) in [5.74, 6) is 0.755. The summed E-state index contributed by atoms with van der Waals surface area (Å²) in [4.78, 5) is 0. The van der Waals surface area contributed by atoms with E-state index >= 15 is 0 Å². The van der Waals surface area contributed by atoms with Gasteiger partial charge in [0.2, 0.25) is 0 Å². The highest BCUT2D eigenvalue weighted by Crippen LogP contribution is 2.45. The van der Waals surface area contributed by atoms with Crippen molar-refractivity contribution in [3.05, 3.63) is 11.6 Å². The quantitative estimate of drug-likeness (QED) is 0.548. The van der Waals surface area contributed by atoms with Crippen LogP contribution in [0.1, 0.15) is 53.4 Å². The lowest BCUT2D eigenvalue weighted by Crippen LogP contribution is -2.44. The Morgan fingerprint density at radius 2 is 2.13 bits per heavy atom. The first-order valence-corrected chi connectivity index (χ1v) is 6.25. The molecule has 2 unspecified atom stereocenters. The largest absolute Gasteiger partial charge is 0.375 e. The first-order valence-electron chi connectivity index (χ1n) is 6.25. The third-order valence-electron chi connectivity index (χ3n) is 4.18. The van der Waals surface area contributed by atoms with Gasteiger partial charge in [-0.15, -0.1) is 0 Å². The van der Waals surface area contributed by atoms with E-state index in [1.54, 1.807) is 5.57 Å². The second-order valence-corrected chi connectivity index (χ2v) is 6.39. The second kappa shape index (κ2) is 3.62. The summed E-state index contributed by atoms with van der Waals surface area (Å²) in [5.41, 5.74) is 2.13. The van der Waals surface area contributed by atoms with Crippen LogP contribution in [-0.2, 0) is 4.74 Å². The van der Waals surface area contributed by atoms with Crippen LogP contribution >= 0.6 is 0 Å². The summed E-state index contributed by atoms with van der Waals surface area (Å²) < 4.78 is 5.99. The van der Waals surface area contributed by atoms with E-state index in [2.05, 4.69) is 33.8 Å². The zero-order valence-corrected chi connectivity index (χ0v) is 10.6. The molecule has 0 amide bonds. The van der Waals surface area contributed by atoms with Crippen LogP contribution in [0.15, 0.2) is 11.6 Å². The van der Waals surface area contributed by atoms with E-state index in [0.29, 0.717) is 5.41 Å². The van der Waals surface area contributed by atoms with Gasteiger partial charge in [0.1, 0.15) is 0 Å². The van der Waals surface area contributed by atoms with Crippen molar-refractivity contribution in [2.75, 3.05) is 6.61 Å². The van der Waals surface area contributed by atoms with Gasteiger partial charge in [-0.3, -0.25) is 0 Å². The maximum Gasteiger partial charge on any atom is 0.0719 e. The van der Waals surface area contributed by atoms with Gasteiger partial charge < -0.3 is 4.74 Å². The van der Waals surface area contributed by atoms with Gasteiger partial charge >= 0.3 is 0 Å². The summed E-state index contributed by atoms with van der Waals surface area (Å²) >= 11 is 0. The highest BCUT2D eigenvalue weighted by atomic mass is 16.5. The molecule has 86 valence electrons. The standard InChI is InChI=1S/C14H24O/c1-13(2,3)11-7-8-14(4)12(10-11)6-5-9-15-14/h7,12H,5-6,8-10H2,1-4H3. The van der Waals surface area contributed by atoms with E-state index in [4.69, 9.17) is 4.74 Å². The lowest BCUT2D eigenvalue weighted by molar-refractivity contribution is -0.109. The molecular formula is C14H24O. The van der Waals surface area contributed by atoms with E-state index in [1.165, 1.54) is 19.3 Å². The van der Waals surface area contributed by atoms with Gasteiger partial charge in [-0.05, 0) is 43.9 Å². The Morgan fingerprint density at radius 3 is 2.80 bits per heavy atom. The van der Waals surface area contributed by atoms with Gasteiger partial charge in [0.05, 0.1) is 5.60 Å². The Morgan fingerprint density at radius 1 is 1.40 bits per heavy atom. The van der Waals surface area contributed by atoms with Crippen LogP contribution in [0, 0.1) is 11.3 Å². The molecule has 0 aromatic carbocycles. The zero-order valence-electron chi connectivity index (χ0n) is 10.6. The average Bonchev–Trinajstić information content (AvgIpc) is 2.14. The molecule has 15 heavy (non-hydrogen) atoms. The molecule has 1 heteroatoms. The molecule has 1 heterocycles. The number of hydrogen-bond acceptors (Lipinski definition) is 1. The van der Waals surface area contributed by atoms with Crippen molar-refractivity contribution in [3.63, 3.8) is 0 Å². The highest BCUT2D eigenvalue weighted by molar-refractivity contribution is 5.18. The molecule has 1 nitrogen and oxygen atoms in total. The normalized spacial score (nSPS) is 37.1. The molecule has 0 radical (unpaired) electrons. The van der Waals surface area contributed by atoms with Crippen LogP contribution < -0.4 is 0 Å². The Kier molecular flexibility index (Phi) is 2.70. The van der Waals surface area contributed by atoms with Gasteiger partial charge in [0, 0.05) is 6.61 Å². The van der Waals surface area contributed by atoms with Crippen molar-refractivity contribution in [2.45, 2.75) is 59.0 Å². The predicted octanol–water partition coefficient (Wildman–Crippen LogP) is 3.94. The summed E-state index contributed by atoms with van der Waals surface area (Å²) in [7, 11) is 0. The van der Waals surface area contributed by atoms with Gasteiger partial charge in [-0.2, -0.15) is 0 Å². The van der Waals surface area contributed by atoms with E-state index < -0.39 is 0 Å². The smallest absolute Gasteiger partial charge is 0.0719 e. The molecule has 0 saturated carbocycles. The van der Waals surface area contributed by atoms with Crippen LogP contribution in [0.5, 0.6) is 0 Å². The Bertz CT molecular complexity index is 272. The van der Waals surface area contributed by atoms with Gasteiger partial charge in [-0.25, -0.2) is 0 Å². The van der Waals surface area contributed by atoms with Crippen LogP contribution in [0.25, 0.3) is 0 Å². The summed E-state index contributed by atoms with van der Waals surface area (Å²) in [6, 6.07) is 0. The van der Waals surface area contributed by atoms with E-state index in [-0.39, 0.29) is 5.60 Å². The molecule has 2 rings (SSSR count). The number of rotatable bonds is 0. The maximum absolute atomic E-state index is 5.99. The van der Waals surface area contributed by atoms with Crippen molar-refractivity contribution in [2.24, 2.45) is 11.3 Å². The topological polar surface area (TPSA) is 9.23 Å². The van der Waals surface area contributed by atoms with E-state index in [9.17, 15) is 0 Å². The number of fused-ring (bicyclic) bond motifs is 1. The van der Waals surface area contributed by atoms with E-state index in [1.807, 2.05) is 0 Å². The first kappa shape index (κ1) is 11.2. The number of hydrogen-bond donors (Lipinski definition) is 0. The van der Waals surface area contributed by atoms with Crippen LogP contribution in [0.4, 0.5) is 0 Å². The average molecular weight is 208 g/mol. The van der Waals surface area contributed by atoms with Crippen molar-refractivity contribution in [1.82, 2.24) is 0 Å². The maximum atomic E-state index is 5.99. The van der Waals surface area contributed by atoms with Crippen LogP contribution in [-0.4, -0.2) is 12.2 Å². The van der Waals surface area contributed by atoms with Gasteiger partial charge in [-0.1, -0.05) is 32.4 Å². The van der Waals surface area contributed by atoms with Crippen molar-refractivity contribution < 1.29 is 4.74 Å². The van der Waals surface area contributed by atoms with Crippen molar-refractivity contribution in [3.8, 4) is 0 Å². The van der Waals surface area contributed by atoms with Crippen LogP contribution in [0.2, 0.25) is 0 Å². The monoisotopic (exact) mass is 208 g/mol. The molecule has 2 aliphatic rings. The molecule has 0 spiro atoms. The molecule has 0 bridgehead atoms. The fourth-order valence-corrected chi connectivity index (χ4v) is 2.89. The molecular weight excluding hydrogens is 184 g/mol. The lowest BCUT2D eigenvalue weighted by atomic mass is 9.68. The molecule has 1 saturated heterocycles. The summed E-state index contributed by atoms with van der Waals surface area (Å²) in [6.07, 6.45) is 7.40. The minimum Gasteiger partial charge on any atom is -0.375 e. The summed E-state index contributed by atoms with van der Waals surface area (Å²) in [5, 5.41) is 0. The van der Waals surface area contributed by atoms with Crippen molar-refractivity contribution >= 4 is 0 Å². The third kappa shape index (κ3) is 2.13. The Balaban J connectivity index is 2.17. The second-order valence-electron chi connectivity index (χ2n) is 6.39. The number of ether oxygens (including phenoxy) is 1. The van der Waals surface area contributed by atoms with Crippen molar-refractivity contribution in [1.29, 1.82) is 0 Å². The third-order valence-corrected chi connectivity index (χ3v) is 4.18. The molecule has 1 aliphatic carbocycles. The Labute approximate surface area is 93.9 Å². The molecule has 0 aromatic heterocycles. The lowest BCUT2D eigenvalue weighted by Gasteiger charge is -2.46. The van der Waals surface area contributed by atoms with Gasteiger partial charge in [0.25, 0.3) is 0 Å². The number of allylic oxidation sites excluding steroid dienone is 1. The fraction of sp³-hybridized carbons (Fsp3) is 0.857. The van der Waals surface area contributed by atoms with Gasteiger partial charge in [0.15, 0.2) is 0 Å². The Hall–Kier alpha value is -0.300. The minimum atomic E-state index is 0.146. The minimum absolute atomic E-state index is 0.146. The highest BCUT2D eigenvalue weighted by Gasteiger charge is 2.41.